The van der Waals surface area contributed by atoms with Crippen LogP contribution in [0.3, 0.4) is 0 Å². The first-order chi connectivity index (χ1) is 9.58. The molecule has 20 heavy (non-hydrogen) atoms. The number of nitrogens with one attached hydrogen (secondary N) is 1. The number of pyridine rings is 1. The average molecular weight is 270 g/mol. The van der Waals surface area contributed by atoms with E-state index in [-0.39, 0.29) is 12.1 Å². The molecule has 0 spiro atoms. The highest BCUT2D eigenvalue weighted by molar-refractivity contribution is 5.20. The summed E-state index contributed by atoms with van der Waals surface area (Å²) in [6.45, 7) is 5.97. The van der Waals surface area contributed by atoms with Crippen LogP contribution in [-0.4, -0.2) is 10.1 Å². The van der Waals surface area contributed by atoms with Gasteiger partial charge in [0, 0.05) is 12.1 Å². The Morgan fingerprint density at radius 1 is 0.850 bits per heavy atom. The Bertz CT molecular complexity index is 540. The van der Waals surface area contributed by atoms with E-state index < -0.39 is 6.10 Å². The van der Waals surface area contributed by atoms with Gasteiger partial charge in [-0.1, -0.05) is 36.4 Å². The number of hydrogen-bond acceptors (Lipinski definition) is 3. The van der Waals surface area contributed by atoms with Crippen LogP contribution in [-0.2, 0) is 0 Å². The van der Waals surface area contributed by atoms with Gasteiger partial charge in [0.2, 0.25) is 0 Å². The number of hydrogen-bond donors (Lipinski definition) is 2. The highest BCUT2D eigenvalue weighted by Gasteiger charge is 2.13. The Morgan fingerprint density at radius 3 is 2.15 bits per heavy atom. The standard InChI is InChI=1S/C17H22N2O/c1-12(15-8-5-4-6-9-15)18-13(2)16-10-7-11-17(19-16)14(3)20/h4-14,18,20H,1-3H3/t12-,13-,14+/m1/s1. The molecule has 2 rings (SSSR count). The molecule has 0 amide bonds. The number of aromatic nitrogens is 1. The van der Waals surface area contributed by atoms with Crippen LogP contribution in [0.25, 0.3) is 0 Å². The molecule has 2 aromatic rings. The van der Waals surface area contributed by atoms with Crippen LogP contribution in [0.15, 0.2) is 48.5 Å². The summed E-state index contributed by atoms with van der Waals surface area (Å²) in [5, 5.41) is 13.1. The molecule has 106 valence electrons. The second-order valence-electron chi connectivity index (χ2n) is 5.18. The van der Waals surface area contributed by atoms with Gasteiger partial charge in [0.15, 0.2) is 0 Å². The monoisotopic (exact) mass is 270 g/mol. The van der Waals surface area contributed by atoms with Gasteiger partial charge in [0.25, 0.3) is 0 Å². The summed E-state index contributed by atoms with van der Waals surface area (Å²) in [6.07, 6.45) is -0.534. The molecule has 3 atom stereocenters. The van der Waals surface area contributed by atoms with Gasteiger partial charge in [0.1, 0.15) is 0 Å². The fourth-order valence-corrected chi connectivity index (χ4v) is 2.24. The van der Waals surface area contributed by atoms with E-state index in [0.29, 0.717) is 5.69 Å². The number of aliphatic hydroxyl groups is 1. The zero-order chi connectivity index (χ0) is 14.5. The second kappa shape index (κ2) is 6.64. The Kier molecular flexibility index (Phi) is 4.88. The zero-order valence-electron chi connectivity index (χ0n) is 12.2. The minimum absolute atomic E-state index is 0.129. The van der Waals surface area contributed by atoms with Crippen molar-refractivity contribution in [3.8, 4) is 0 Å². The van der Waals surface area contributed by atoms with Gasteiger partial charge < -0.3 is 10.4 Å². The fraction of sp³-hybridized carbons (Fsp3) is 0.353. The molecule has 0 saturated carbocycles. The fourth-order valence-electron chi connectivity index (χ4n) is 2.24. The molecule has 3 nitrogen and oxygen atoms in total. The maximum absolute atomic E-state index is 9.61. The molecule has 0 aliphatic carbocycles. The lowest BCUT2D eigenvalue weighted by molar-refractivity contribution is 0.194. The van der Waals surface area contributed by atoms with Crippen molar-refractivity contribution in [2.45, 2.75) is 39.0 Å². The van der Waals surface area contributed by atoms with Crippen molar-refractivity contribution >= 4 is 0 Å². The lowest BCUT2D eigenvalue weighted by Crippen LogP contribution is -2.23. The third kappa shape index (κ3) is 3.65. The van der Waals surface area contributed by atoms with E-state index in [2.05, 4.69) is 36.3 Å². The lowest BCUT2D eigenvalue weighted by Gasteiger charge is -2.20. The van der Waals surface area contributed by atoms with Gasteiger partial charge in [-0.2, -0.15) is 0 Å². The Labute approximate surface area is 120 Å². The normalized spacial score (nSPS) is 15.6. The molecule has 0 fully saturated rings. The topological polar surface area (TPSA) is 45.1 Å². The highest BCUT2D eigenvalue weighted by atomic mass is 16.3. The quantitative estimate of drug-likeness (QED) is 0.873. The van der Waals surface area contributed by atoms with Crippen molar-refractivity contribution in [3.63, 3.8) is 0 Å². The number of benzene rings is 1. The van der Waals surface area contributed by atoms with E-state index in [1.54, 1.807) is 6.92 Å². The first kappa shape index (κ1) is 14.7. The van der Waals surface area contributed by atoms with Gasteiger partial charge in [-0.3, -0.25) is 4.98 Å². The molecule has 3 heteroatoms. The van der Waals surface area contributed by atoms with Crippen LogP contribution < -0.4 is 5.32 Å². The van der Waals surface area contributed by atoms with E-state index in [9.17, 15) is 5.11 Å². The summed E-state index contributed by atoms with van der Waals surface area (Å²) in [6, 6.07) is 16.5. The minimum Gasteiger partial charge on any atom is -0.387 e. The summed E-state index contributed by atoms with van der Waals surface area (Å²) >= 11 is 0. The third-order valence-electron chi connectivity index (χ3n) is 3.46. The van der Waals surface area contributed by atoms with Crippen LogP contribution in [0.4, 0.5) is 0 Å². The molecule has 2 N–H and O–H groups in total. The number of nitrogens with zero attached hydrogens (tertiary/aromatic N) is 1. The van der Waals surface area contributed by atoms with Gasteiger partial charge in [-0.15, -0.1) is 0 Å². The summed E-state index contributed by atoms with van der Waals surface area (Å²) in [7, 11) is 0. The van der Waals surface area contributed by atoms with Crippen molar-refractivity contribution in [1.82, 2.24) is 10.3 Å². The van der Waals surface area contributed by atoms with E-state index >= 15 is 0 Å². The molecule has 0 unspecified atom stereocenters. The molecular formula is C17H22N2O. The Morgan fingerprint density at radius 2 is 1.50 bits per heavy atom. The molecule has 0 saturated heterocycles. The van der Waals surface area contributed by atoms with E-state index in [4.69, 9.17) is 0 Å². The van der Waals surface area contributed by atoms with Crippen LogP contribution in [0.1, 0.15) is 55.9 Å². The van der Waals surface area contributed by atoms with Gasteiger partial charge >= 0.3 is 0 Å². The maximum atomic E-state index is 9.61. The van der Waals surface area contributed by atoms with Crippen molar-refractivity contribution in [2.24, 2.45) is 0 Å². The van der Waals surface area contributed by atoms with E-state index in [1.165, 1.54) is 5.56 Å². The number of rotatable bonds is 5. The lowest BCUT2D eigenvalue weighted by atomic mass is 10.1. The van der Waals surface area contributed by atoms with Crippen molar-refractivity contribution in [1.29, 1.82) is 0 Å². The van der Waals surface area contributed by atoms with Gasteiger partial charge in [-0.05, 0) is 38.5 Å². The molecule has 0 aliphatic heterocycles. The van der Waals surface area contributed by atoms with Gasteiger partial charge in [0.05, 0.1) is 17.5 Å². The molecule has 0 aliphatic rings. The zero-order valence-corrected chi connectivity index (χ0v) is 12.2. The molecular weight excluding hydrogens is 248 g/mol. The summed E-state index contributed by atoms with van der Waals surface area (Å²) in [5.41, 5.74) is 2.92. The molecule has 1 aromatic carbocycles. The average Bonchev–Trinajstić information content (AvgIpc) is 2.48. The minimum atomic E-state index is -0.534. The first-order valence-corrected chi connectivity index (χ1v) is 7.04. The maximum Gasteiger partial charge on any atom is 0.0931 e. The Hall–Kier alpha value is -1.71. The Balaban J connectivity index is 2.08. The SMILES string of the molecule is C[C@H](O)c1cccc([C@@H](C)N[C@H](C)c2ccccc2)n1. The number of aliphatic hydroxyl groups excluding tert-OH is 1. The van der Waals surface area contributed by atoms with E-state index in [1.807, 2.05) is 36.4 Å². The first-order valence-electron chi connectivity index (χ1n) is 7.04. The molecule has 1 heterocycles. The van der Waals surface area contributed by atoms with Gasteiger partial charge in [-0.25, -0.2) is 0 Å². The van der Waals surface area contributed by atoms with Crippen LogP contribution in [0.2, 0.25) is 0 Å². The third-order valence-corrected chi connectivity index (χ3v) is 3.46. The van der Waals surface area contributed by atoms with Crippen molar-refractivity contribution in [3.05, 3.63) is 65.5 Å². The summed E-state index contributed by atoms with van der Waals surface area (Å²) in [4.78, 5) is 4.51. The highest BCUT2D eigenvalue weighted by Crippen LogP contribution is 2.19. The van der Waals surface area contributed by atoms with Crippen molar-refractivity contribution < 1.29 is 5.11 Å². The summed E-state index contributed by atoms with van der Waals surface area (Å²) < 4.78 is 0. The largest absolute Gasteiger partial charge is 0.387 e. The van der Waals surface area contributed by atoms with Crippen LogP contribution >= 0.6 is 0 Å². The van der Waals surface area contributed by atoms with Crippen LogP contribution in [0, 0.1) is 0 Å². The predicted molar refractivity (Wildman–Crippen MR) is 81.3 cm³/mol. The molecule has 1 aromatic heterocycles. The van der Waals surface area contributed by atoms with Crippen molar-refractivity contribution in [2.75, 3.05) is 0 Å². The van der Waals surface area contributed by atoms with Crippen LogP contribution in [0.5, 0.6) is 0 Å². The van der Waals surface area contributed by atoms with E-state index in [0.717, 1.165) is 5.69 Å². The smallest absolute Gasteiger partial charge is 0.0931 e. The second-order valence-corrected chi connectivity index (χ2v) is 5.18. The predicted octanol–water partition coefficient (Wildman–Crippen LogP) is 3.55. The summed E-state index contributed by atoms with van der Waals surface area (Å²) in [5.74, 6) is 0. The molecule has 0 bridgehead atoms. The molecule has 0 radical (unpaired) electrons.